The highest BCUT2D eigenvalue weighted by atomic mass is 35.5. The van der Waals surface area contributed by atoms with E-state index in [0.29, 0.717) is 28.5 Å². The van der Waals surface area contributed by atoms with Gasteiger partial charge in [0.1, 0.15) is 5.92 Å². The van der Waals surface area contributed by atoms with E-state index in [1.807, 2.05) is 24.3 Å². The van der Waals surface area contributed by atoms with Crippen LogP contribution in [0.25, 0.3) is 11.1 Å². The minimum Gasteiger partial charge on any atom is -0.295 e. The fourth-order valence-electron chi connectivity index (χ4n) is 3.61. The molecule has 1 saturated carbocycles. The van der Waals surface area contributed by atoms with Gasteiger partial charge in [0.05, 0.1) is 0 Å². The van der Waals surface area contributed by atoms with Gasteiger partial charge in [-0.15, -0.1) is 0 Å². The Morgan fingerprint density at radius 1 is 1.04 bits per heavy atom. The van der Waals surface area contributed by atoms with Gasteiger partial charge in [-0.1, -0.05) is 41.4 Å². The van der Waals surface area contributed by atoms with Crippen molar-refractivity contribution in [2.45, 2.75) is 30.8 Å². The fourth-order valence-corrected chi connectivity index (χ4v) is 3.96. The van der Waals surface area contributed by atoms with Gasteiger partial charge in [-0.2, -0.15) is 0 Å². The summed E-state index contributed by atoms with van der Waals surface area (Å²) in [6.07, 6.45) is 2.18. The lowest BCUT2D eigenvalue weighted by Crippen LogP contribution is -2.60. The van der Waals surface area contributed by atoms with E-state index in [0.717, 1.165) is 17.5 Å². The lowest BCUT2D eigenvalue weighted by Gasteiger charge is -2.47. The highest BCUT2D eigenvalue weighted by Gasteiger charge is 2.56. The molecule has 2 aliphatic rings. The Morgan fingerprint density at radius 2 is 1.69 bits per heavy atom. The Hall–Kier alpha value is -1.88. The number of carbonyl (C=O) groups excluding carboxylic acids is 2. The zero-order chi connectivity index (χ0) is 18.5. The molecule has 1 aliphatic carbocycles. The number of Topliss-reactive ketones (excluding diaryl/α,β-unsaturated/α-hetero) is 1. The second-order valence-corrected chi connectivity index (χ2v) is 7.66. The predicted octanol–water partition coefficient (Wildman–Crippen LogP) is 4.64. The predicted molar refractivity (Wildman–Crippen MR) is 100 cm³/mol. The van der Waals surface area contributed by atoms with Crippen molar-refractivity contribution in [2.24, 2.45) is 0 Å². The molecule has 1 atom stereocenters. The second kappa shape index (κ2) is 6.38. The van der Waals surface area contributed by atoms with E-state index in [9.17, 15) is 9.59 Å². The molecule has 134 valence electrons. The minimum atomic E-state index is -0.936. The first-order valence-electron chi connectivity index (χ1n) is 8.48. The smallest absolute Gasteiger partial charge is 0.261 e. The number of ketones is 1. The molecule has 4 nitrogen and oxygen atoms in total. The van der Waals surface area contributed by atoms with Crippen LogP contribution in [-0.4, -0.2) is 29.4 Å². The summed E-state index contributed by atoms with van der Waals surface area (Å²) >= 11 is 12.3. The van der Waals surface area contributed by atoms with Gasteiger partial charge < -0.3 is 0 Å². The summed E-state index contributed by atoms with van der Waals surface area (Å²) in [5.74, 6) is -1.52. The number of likely N-dealkylation sites (N-methyl/N-ethyl adjacent to an activating group) is 1. The van der Waals surface area contributed by atoms with Crippen molar-refractivity contribution in [1.29, 1.82) is 0 Å². The number of hydrogen-bond acceptors (Lipinski definition) is 3. The molecule has 0 aromatic heterocycles. The van der Waals surface area contributed by atoms with Crippen LogP contribution < -0.4 is 0 Å². The van der Waals surface area contributed by atoms with Crippen molar-refractivity contribution in [1.82, 2.24) is 5.06 Å². The number of rotatable bonds is 2. The summed E-state index contributed by atoms with van der Waals surface area (Å²) in [5.41, 5.74) is 1.45. The maximum absolute atomic E-state index is 13.1. The third-order valence-electron chi connectivity index (χ3n) is 5.23. The van der Waals surface area contributed by atoms with Crippen molar-refractivity contribution in [3.05, 3.63) is 58.1 Å². The van der Waals surface area contributed by atoms with Crippen LogP contribution in [0.2, 0.25) is 10.0 Å². The molecule has 0 N–H and O–H groups in total. The Morgan fingerprint density at radius 3 is 2.31 bits per heavy atom. The molecule has 0 bridgehead atoms. The topological polar surface area (TPSA) is 46.6 Å². The Bertz CT molecular complexity index is 890. The van der Waals surface area contributed by atoms with E-state index in [4.69, 9.17) is 28.0 Å². The zero-order valence-corrected chi connectivity index (χ0v) is 15.7. The van der Waals surface area contributed by atoms with Crippen molar-refractivity contribution in [3.63, 3.8) is 0 Å². The van der Waals surface area contributed by atoms with E-state index in [1.54, 1.807) is 25.2 Å². The van der Waals surface area contributed by atoms with Crippen molar-refractivity contribution in [3.8, 4) is 11.1 Å². The van der Waals surface area contributed by atoms with Crippen LogP contribution in [0.5, 0.6) is 0 Å². The van der Waals surface area contributed by atoms with Gasteiger partial charge >= 0.3 is 0 Å². The van der Waals surface area contributed by atoms with Gasteiger partial charge in [-0.3, -0.25) is 14.4 Å². The number of hydroxylamine groups is 2. The van der Waals surface area contributed by atoms with Gasteiger partial charge in [0, 0.05) is 17.1 Å². The van der Waals surface area contributed by atoms with Crippen LogP contribution in [0.1, 0.15) is 30.7 Å². The molecular weight excluding hydrogens is 373 g/mol. The van der Waals surface area contributed by atoms with Crippen LogP contribution in [0, 0.1) is 0 Å². The summed E-state index contributed by atoms with van der Waals surface area (Å²) < 4.78 is 0. The Labute approximate surface area is 161 Å². The lowest BCUT2D eigenvalue weighted by molar-refractivity contribution is -0.259. The lowest BCUT2D eigenvalue weighted by atomic mass is 9.70. The molecular formula is C20H17Cl2NO3. The number of halogens is 2. The van der Waals surface area contributed by atoms with Gasteiger partial charge in [0.2, 0.25) is 0 Å². The van der Waals surface area contributed by atoms with Crippen LogP contribution in [0.15, 0.2) is 42.5 Å². The van der Waals surface area contributed by atoms with Crippen LogP contribution in [-0.2, 0) is 14.4 Å². The summed E-state index contributed by atoms with van der Waals surface area (Å²) in [7, 11) is 1.55. The van der Waals surface area contributed by atoms with E-state index in [-0.39, 0.29) is 11.7 Å². The number of amides is 1. The molecule has 2 aromatic rings. The Kier molecular flexibility index (Phi) is 4.30. The monoisotopic (exact) mass is 389 g/mol. The first-order chi connectivity index (χ1) is 12.4. The molecule has 0 radical (unpaired) electrons. The first-order valence-corrected chi connectivity index (χ1v) is 9.23. The second-order valence-electron chi connectivity index (χ2n) is 6.82. The zero-order valence-electron chi connectivity index (χ0n) is 14.2. The molecule has 1 heterocycles. The highest BCUT2D eigenvalue weighted by molar-refractivity contribution is 6.32. The molecule has 1 amide bonds. The van der Waals surface area contributed by atoms with Crippen molar-refractivity contribution in [2.75, 3.05) is 7.05 Å². The largest absolute Gasteiger partial charge is 0.295 e. The van der Waals surface area contributed by atoms with E-state index < -0.39 is 11.5 Å². The fraction of sp³-hybridized carbons (Fsp3) is 0.300. The van der Waals surface area contributed by atoms with Crippen molar-refractivity contribution >= 4 is 34.9 Å². The maximum Gasteiger partial charge on any atom is 0.261 e. The minimum absolute atomic E-state index is 0.193. The third kappa shape index (κ3) is 2.73. The number of carbonyl (C=O) groups is 2. The van der Waals surface area contributed by atoms with Gasteiger partial charge in [-0.25, -0.2) is 5.06 Å². The van der Waals surface area contributed by atoms with Crippen molar-refractivity contribution < 1.29 is 14.4 Å². The summed E-state index contributed by atoms with van der Waals surface area (Å²) in [5, 5.41) is 2.24. The van der Waals surface area contributed by atoms with E-state index >= 15 is 0 Å². The average Bonchev–Trinajstić information content (AvgIpc) is 2.59. The molecule has 26 heavy (non-hydrogen) atoms. The first kappa shape index (κ1) is 17.5. The summed E-state index contributed by atoms with van der Waals surface area (Å²) in [6.45, 7) is 0. The van der Waals surface area contributed by atoms with Gasteiger partial charge in [-0.05, 0) is 60.2 Å². The van der Waals surface area contributed by atoms with Gasteiger partial charge in [0.25, 0.3) is 5.91 Å². The average molecular weight is 390 g/mol. The van der Waals surface area contributed by atoms with Gasteiger partial charge in [0.15, 0.2) is 11.4 Å². The molecule has 2 fully saturated rings. The number of nitrogens with zero attached hydrogens (tertiary/aromatic N) is 1. The molecule has 1 spiro atoms. The van der Waals surface area contributed by atoms with Crippen LogP contribution >= 0.6 is 23.2 Å². The standard InChI is InChI=1S/C20H17Cl2NO3/c1-23-19(25)17(18(24)20(26-23)9-2-10-20)15-11-13(5-8-16(15)22)12-3-6-14(21)7-4-12/h3-8,11,17H,2,9-10H2,1H3. The summed E-state index contributed by atoms with van der Waals surface area (Å²) in [6, 6.07) is 12.8. The Balaban J connectivity index is 1.78. The molecule has 1 saturated heterocycles. The third-order valence-corrected chi connectivity index (χ3v) is 5.82. The van der Waals surface area contributed by atoms with E-state index in [2.05, 4.69) is 0 Å². The van der Waals surface area contributed by atoms with Crippen LogP contribution in [0.3, 0.4) is 0 Å². The van der Waals surface area contributed by atoms with Crippen LogP contribution in [0.4, 0.5) is 0 Å². The summed E-state index contributed by atoms with van der Waals surface area (Å²) in [4.78, 5) is 31.4. The molecule has 1 unspecified atom stereocenters. The maximum atomic E-state index is 13.1. The molecule has 4 rings (SSSR count). The van der Waals surface area contributed by atoms with E-state index in [1.165, 1.54) is 5.06 Å². The number of benzene rings is 2. The molecule has 6 heteroatoms. The normalized spacial score (nSPS) is 21.8. The molecule has 2 aromatic carbocycles. The number of hydrogen-bond donors (Lipinski definition) is 0. The highest BCUT2D eigenvalue weighted by Crippen LogP contribution is 2.46. The quantitative estimate of drug-likeness (QED) is 0.702. The SMILES string of the molecule is CN1OC2(CCC2)C(=O)C(c2cc(-c3ccc(Cl)cc3)ccc2Cl)C1=O. The molecule has 1 aliphatic heterocycles.